The number of unbranched alkanes of at least 4 members (excludes halogenated alkanes) is 10. The summed E-state index contributed by atoms with van der Waals surface area (Å²) in [6.07, 6.45) is 14.1. The lowest BCUT2D eigenvalue weighted by Gasteiger charge is -2.14. The van der Waals surface area contributed by atoms with Crippen molar-refractivity contribution in [3.63, 3.8) is 0 Å². The van der Waals surface area contributed by atoms with Crippen LogP contribution in [0.3, 0.4) is 0 Å². The summed E-state index contributed by atoms with van der Waals surface area (Å²) in [5.74, 6) is -1.04. The number of hydrogen-bond acceptors (Lipinski definition) is 4. The third-order valence-corrected chi connectivity index (χ3v) is 4.35. The van der Waals surface area contributed by atoms with Crippen molar-refractivity contribution in [2.45, 2.75) is 90.4 Å². The number of aliphatic hydroxyl groups is 1. The minimum absolute atomic E-state index is 0.0874. The number of Topliss-reactive ketones (excluding diaryl/α,β-unsaturated/α-hetero) is 1. The number of hydrogen-bond donors (Lipinski definition) is 1. The molecule has 0 radical (unpaired) electrons. The van der Waals surface area contributed by atoms with Gasteiger partial charge in [-0.15, -0.1) is 0 Å². The number of rotatable bonds is 12. The molecule has 0 bridgehead atoms. The molecule has 1 aliphatic rings. The molecule has 1 aliphatic heterocycles. The number of carbonyl (C=O) groups excluding carboxylic acids is 2. The second-order valence-corrected chi connectivity index (χ2v) is 6.42. The zero-order valence-corrected chi connectivity index (χ0v) is 14.6. The number of allylic oxidation sites excluding steroid dienone is 1. The fourth-order valence-electron chi connectivity index (χ4n) is 2.91. The van der Waals surface area contributed by atoms with Crippen LogP contribution < -0.4 is 0 Å². The number of carbonyl (C=O) groups is 2. The van der Waals surface area contributed by atoms with Gasteiger partial charge in [-0.25, -0.2) is 4.79 Å². The van der Waals surface area contributed by atoms with Gasteiger partial charge in [0.15, 0.2) is 5.78 Å². The number of esters is 1. The molecule has 1 saturated heterocycles. The maximum atomic E-state index is 11.6. The lowest BCUT2D eigenvalue weighted by Crippen LogP contribution is -2.25. The van der Waals surface area contributed by atoms with E-state index in [0.717, 1.165) is 19.3 Å². The Morgan fingerprint density at radius 3 is 1.96 bits per heavy atom. The van der Waals surface area contributed by atoms with Crippen molar-refractivity contribution in [2.24, 2.45) is 0 Å². The van der Waals surface area contributed by atoms with E-state index < -0.39 is 5.97 Å². The number of cyclic esters (lactones) is 1. The monoisotopic (exact) mass is 324 g/mol. The van der Waals surface area contributed by atoms with E-state index in [1.54, 1.807) is 0 Å². The minimum atomic E-state index is -0.665. The minimum Gasteiger partial charge on any atom is -0.511 e. The molecule has 4 nitrogen and oxygen atoms in total. The molecule has 1 N–H and O–H groups in total. The van der Waals surface area contributed by atoms with Crippen LogP contribution in [0.4, 0.5) is 0 Å². The van der Waals surface area contributed by atoms with Crippen LogP contribution in [-0.4, -0.2) is 23.5 Å². The molecule has 0 atom stereocenters. The summed E-state index contributed by atoms with van der Waals surface area (Å²) in [4.78, 5) is 23.1. The zero-order valence-electron chi connectivity index (χ0n) is 14.6. The number of ether oxygens (including phenoxy) is 1. The van der Waals surface area contributed by atoms with Crippen LogP contribution >= 0.6 is 0 Å². The highest BCUT2D eigenvalue weighted by Crippen LogP contribution is 2.19. The Kier molecular flexibility index (Phi) is 10.4. The summed E-state index contributed by atoms with van der Waals surface area (Å²) >= 11 is 0. The molecule has 1 heterocycles. The highest BCUT2D eigenvalue weighted by Gasteiger charge is 2.28. The van der Waals surface area contributed by atoms with Gasteiger partial charge in [0.2, 0.25) is 0 Å². The van der Waals surface area contributed by atoms with Crippen LogP contribution in [-0.2, 0) is 14.3 Å². The molecular formula is C19H32O4. The van der Waals surface area contributed by atoms with Crippen LogP contribution in [0.1, 0.15) is 90.4 Å². The van der Waals surface area contributed by atoms with E-state index in [4.69, 9.17) is 4.74 Å². The van der Waals surface area contributed by atoms with Crippen molar-refractivity contribution >= 4 is 11.8 Å². The van der Waals surface area contributed by atoms with Crippen molar-refractivity contribution in [1.82, 2.24) is 0 Å². The van der Waals surface area contributed by atoms with Crippen LogP contribution in [0, 0.1) is 0 Å². The number of ketones is 1. The molecule has 1 fully saturated rings. The first kappa shape index (κ1) is 19.7. The summed E-state index contributed by atoms with van der Waals surface area (Å²) in [5, 5.41) is 9.92. The van der Waals surface area contributed by atoms with Crippen molar-refractivity contribution in [2.75, 3.05) is 6.61 Å². The normalized spacial score (nSPS) is 17.3. The molecule has 0 amide bonds. The first-order chi connectivity index (χ1) is 11.2. The van der Waals surface area contributed by atoms with E-state index in [9.17, 15) is 14.7 Å². The topological polar surface area (TPSA) is 63.6 Å². The Balaban J connectivity index is 2.04. The fraction of sp³-hybridized carbons (Fsp3) is 0.789. The van der Waals surface area contributed by atoms with Gasteiger partial charge >= 0.3 is 5.97 Å². The predicted molar refractivity (Wildman–Crippen MR) is 91.3 cm³/mol. The van der Waals surface area contributed by atoms with Crippen molar-refractivity contribution < 1.29 is 19.4 Å². The van der Waals surface area contributed by atoms with E-state index >= 15 is 0 Å². The molecule has 1 rings (SSSR count). The second kappa shape index (κ2) is 12.1. The molecule has 0 aromatic rings. The standard InChI is InChI=1S/C19H32O4/c1-2-3-4-5-6-7-8-9-10-11-12-13-16(20)18-17(21)14-15-23-19(18)22/h20H,2-15H2,1H3. The van der Waals surface area contributed by atoms with Gasteiger partial charge in [-0.3, -0.25) is 4.79 Å². The van der Waals surface area contributed by atoms with Crippen LogP contribution in [0.2, 0.25) is 0 Å². The van der Waals surface area contributed by atoms with Crippen molar-refractivity contribution in [3.05, 3.63) is 11.3 Å². The molecule has 0 aromatic carbocycles. The highest BCUT2D eigenvalue weighted by atomic mass is 16.5. The first-order valence-electron chi connectivity index (χ1n) is 9.29. The third kappa shape index (κ3) is 8.19. The predicted octanol–water partition coefficient (Wildman–Crippen LogP) is 5.02. The van der Waals surface area contributed by atoms with E-state index in [1.165, 1.54) is 51.4 Å². The van der Waals surface area contributed by atoms with Gasteiger partial charge in [-0.05, 0) is 6.42 Å². The van der Waals surface area contributed by atoms with E-state index in [1.807, 2.05) is 0 Å². The van der Waals surface area contributed by atoms with E-state index in [0.29, 0.717) is 6.42 Å². The molecule has 0 aromatic heterocycles. The van der Waals surface area contributed by atoms with Crippen LogP contribution in [0.15, 0.2) is 11.3 Å². The summed E-state index contributed by atoms with van der Waals surface area (Å²) in [5.41, 5.74) is -0.122. The maximum Gasteiger partial charge on any atom is 0.345 e. The quantitative estimate of drug-likeness (QED) is 0.180. The third-order valence-electron chi connectivity index (χ3n) is 4.35. The summed E-state index contributed by atoms with van der Waals surface area (Å²) in [6, 6.07) is 0. The van der Waals surface area contributed by atoms with Gasteiger partial charge in [0, 0.05) is 12.8 Å². The van der Waals surface area contributed by atoms with Gasteiger partial charge in [0.1, 0.15) is 11.3 Å². The number of aliphatic hydroxyl groups excluding tert-OH is 1. The lowest BCUT2D eigenvalue weighted by atomic mass is 10.0. The molecule has 23 heavy (non-hydrogen) atoms. The Bertz CT molecular complexity index is 380. The second-order valence-electron chi connectivity index (χ2n) is 6.42. The van der Waals surface area contributed by atoms with Gasteiger partial charge < -0.3 is 9.84 Å². The smallest absolute Gasteiger partial charge is 0.345 e. The van der Waals surface area contributed by atoms with Gasteiger partial charge in [0.25, 0.3) is 0 Å². The van der Waals surface area contributed by atoms with Crippen LogP contribution in [0.5, 0.6) is 0 Å². The van der Waals surface area contributed by atoms with Gasteiger partial charge in [-0.1, -0.05) is 71.1 Å². The summed E-state index contributed by atoms with van der Waals surface area (Å²) < 4.78 is 4.81. The Morgan fingerprint density at radius 1 is 0.913 bits per heavy atom. The molecule has 0 aliphatic carbocycles. The Morgan fingerprint density at radius 2 is 1.43 bits per heavy atom. The Hall–Kier alpha value is -1.32. The summed E-state index contributed by atoms with van der Waals surface area (Å²) in [6.45, 7) is 2.37. The largest absolute Gasteiger partial charge is 0.511 e. The molecule has 132 valence electrons. The fourth-order valence-corrected chi connectivity index (χ4v) is 2.91. The molecule has 0 spiro atoms. The molecular weight excluding hydrogens is 292 g/mol. The maximum absolute atomic E-state index is 11.6. The molecule has 4 heteroatoms. The average molecular weight is 324 g/mol. The highest BCUT2D eigenvalue weighted by molar-refractivity contribution is 6.18. The van der Waals surface area contributed by atoms with Gasteiger partial charge in [-0.2, -0.15) is 0 Å². The van der Waals surface area contributed by atoms with E-state index in [2.05, 4.69) is 6.92 Å². The van der Waals surface area contributed by atoms with Crippen molar-refractivity contribution in [1.29, 1.82) is 0 Å². The molecule has 0 unspecified atom stereocenters. The van der Waals surface area contributed by atoms with Crippen molar-refractivity contribution in [3.8, 4) is 0 Å². The van der Waals surface area contributed by atoms with Crippen LogP contribution in [0.25, 0.3) is 0 Å². The summed E-state index contributed by atoms with van der Waals surface area (Å²) in [7, 11) is 0. The zero-order chi connectivity index (χ0) is 16.9. The van der Waals surface area contributed by atoms with Gasteiger partial charge in [0.05, 0.1) is 6.61 Å². The Labute approximate surface area is 140 Å². The lowest BCUT2D eigenvalue weighted by molar-refractivity contribution is -0.144. The first-order valence-corrected chi connectivity index (χ1v) is 9.29. The SMILES string of the molecule is CCCCCCCCCCCCCC(O)=C1C(=O)CCOC1=O. The molecule has 0 saturated carbocycles. The average Bonchev–Trinajstić information content (AvgIpc) is 2.52. The van der Waals surface area contributed by atoms with E-state index in [-0.39, 0.29) is 30.1 Å².